The molecule has 19 heavy (non-hydrogen) atoms. The van der Waals surface area contributed by atoms with E-state index in [1.165, 1.54) is 24.3 Å². The number of carbonyl (C=O) groups excluding carboxylic acids is 1. The fourth-order valence-corrected chi connectivity index (χ4v) is 1.61. The largest absolute Gasteiger partial charge is 0.504 e. The predicted octanol–water partition coefficient (Wildman–Crippen LogP) is 1.48. The Morgan fingerprint density at radius 3 is 2.79 bits per heavy atom. The number of nitriles is 1. The molecule has 100 valence electrons. The number of hydrogen-bond donors (Lipinski definition) is 3. The van der Waals surface area contributed by atoms with Crippen LogP contribution in [-0.4, -0.2) is 34.7 Å². The van der Waals surface area contributed by atoms with E-state index in [2.05, 4.69) is 5.32 Å². The van der Waals surface area contributed by atoms with Gasteiger partial charge >= 0.3 is 0 Å². The molecule has 0 atom stereocenters. The van der Waals surface area contributed by atoms with Crippen LogP contribution in [0.5, 0.6) is 11.5 Å². The second-order valence-electron chi connectivity index (χ2n) is 3.67. The number of amides is 1. The summed E-state index contributed by atoms with van der Waals surface area (Å²) in [7, 11) is 0. The summed E-state index contributed by atoms with van der Waals surface area (Å²) in [6.07, 6.45) is 3.28. The smallest absolute Gasteiger partial charge is 0.261 e. The normalized spacial score (nSPS) is 10.8. The van der Waals surface area contributed by atoms with Gasteiger partial charge in [0, 0.05) is 12.3 Å². The van der Waals surface area contributed by atoms with Gasteiger partial charge in [0.2, 0.25) is 0 Å². The number of thioether (sulfide) groups is 1. The molecule has 3 N–H and O–H groups in total. The van der Waals surface area contributed by atoms with E-state index in [9.17, 15) is 15.0 Å². The molecule has 0 saturated carbocycles. The number of rotatable bonds is 5. The Morgan fingerprint density at radius 2 is 2.21 bits per heavy atom. The van der Waals surface area contributed by atoms with Crippen molar-refractivity contribution >= 4 is 23.7 Å². The van der Waals surface area contributed by atoms with Crippen molar-refractivity contribution in [1.82, 2.24) is 5.32 Å². The number of phenolic OH excluding ortho intramolecular Hbond substituents is 2. The zero-order valence-electron chi connectivity index (χ0n) is 10.4. The van der Waals surface area contributed by atoms with E-state index in [-0.39, 0.29) is 17.1 Å². The third-order valence-electron chi connectivity index (χ3n) is 2.27. The molecule has 0 radical (unpaired) electrons. The SMILES string of the molecule is CSCCNC(=O)/C(C#N)=C/c1ccc(O)c(O)c1. The lowest BCUT2D eigenvalue weighted by Gasteiger charge is -2.03. The standard InChI is InChI=1S/C13H14N2O3S/c1-19-5-4-15-13(18)10(8-14)6-9-2-3-11(16)12(17)7-9/h2-3,6-7,16-17H,4-5H2,1H3,(H,15,18)/b10-6+. The fourth-order valence-electron chi connectivity index (χ4n) is 1.31. The average molecular weight is 278 g/mol. The Hall–Kier alpha value is -2.13. The summed E-state index contributed by atoms with van der Waals surface area (Å²) in [5.41, 5.74) is 0.415. The van der Waals surface area contributed by atoms with Crippen molar-refractivity contribution in [3.63, 3.8) is 0 Å². The summed E-state index contributed by atoms with van der Waals surface area (Å²) >= 11 is 1.59. The van der Waals surface area contributed by atoms with Crippen LogP contribution in [-0.2, 0) is 4.79 Å². The molecule has 0 saturated heterocycles. The van der Waals surface area contributed by atoms with Crippen molar-refractivity contribution < 1.29 is 15.0 Å². The van der Waals surface area contributed by atoms with E-state index in [0.29, 0.717) is 12.1 Å². The highest BCUT2D eigenvalue weighted by Crippen LogP contribution is 2.25. The number of benzene rings is 1. The number of nitrogens with zero attached hydrogens (tertiary/aromatic N) is 1. The summed E-state index contributed by atoms with van der Waals surface area (Å²) in [6.45, 7) is 0.486. The zero-order valence-corrected chi connectivity index (χ0v) is 11.2. The van der Waals surface area contributed by atoms with E-state index < -0.39 is 5.91 Å². The van der Waals surface area contributed by atoms with Crippen molar-refractivity contribution in [2.24, 2.45) is 0 Å². The maximum absolute atomic E-state index is 11.7. The molecule has 1 amide bonds. The van der Waals surface area contributed by atoms with Crippen LogP contribution in [0.4, 0.5) is 0 Å². The number of nitrogens with one attached hydrogen (secondary N) is 1. The molecule has 0 fully saturated rings. The lowest BCUT2D eigenvalue weighted by Crippen LogP contribution is -2.26. The third kappa shape index (κ3) is 4.56. The molecule has 1 aromatic carbocycles. The van der Waals surface area contributed by atoms with Gasteiger partial charge in [-0.2, -0.15) is 17.0 Å². The Morgan fingerprint density at radius 1 is 1.47 bits per heavy atom. The molecule has 0 spiro atoms. The minimum absolute atomic E-state index is 0.0498. The lowest BCUT2D eigenvalue weighted by atomic mass is 10.1. The summed E-state index contributed by atoms with van der Waals surface area (Å²) in [4.78, 5) is 11.7. The van der Waals surface area contributed by atoms with Crippen molar-refractivity contribution in [2.75, 3.05) is 18.6 Å². The van der Waals surface area contributed by atoms with E-state index >= 15 is 0 Å². The molecule has 6 heteroatoms. The highest BCUT2D eigenvalue weighted by Gasteiger charge is 2.08. The molecule has 0 heterocycles. The first-order valence-corrected chi connectivity index (χ1v) is 6.88. The number of phenols is 2. The van der Waals surface area contributed by atoms with Gasteiger partial charge in [0.05, 0.1) is 0 Å². The van der Waals surface area contributed by atoms with Gasteiger partial charge in [-0.05, 0) is 30.0 Å². The van der Waals surface area contributed by atoms with Gasteiger partial charge in [0.1, 0.15) is 11.6 Å². The molecule has 1 rings (SSSR count). The van der Waals surface area contributed by atoms with Crippen LogP contribution in [0.25, 0.3) is 6.08 Å². The molecule has 5 nitrogen and oxygen atoms in total. The van der Waals surface area contributed by atoms with Gasteiger partial charge in [-0.3, -0.25) is 4.79 Å². The topological polar surface area (TPSA) is 93.4 Å². The number of carbonyl (C=O) groups is 1. The first-order chi connectivity index (χ1) is 9.08. The molecule has 0 aliphatic heterocycles. The highest BCUT2D eigenvalue weighted by molar-refractivity contribution is 7.98. The van der Waals surface area contributed by atoms with Gasteiger partial charge in [-0.15, -0.1) is 0 Å². The van der Waals surface area contributed by atoms with E-state index in [1.54, 1.807) is 11.8 Å². The molecule has 0 aliphatic rings. The van der Waals surface area contributed by atoms with Gasteiger partial charge < -0.3 is 15.5 Å². The molecule has 1 aromatic rings. The molecule has 0 aromatic heterocycles. The zero-order chi connectivity index (χ0) is 14.3. The Labute approximate surface area is 115 Å². The second-order valence-corrected chi connectivity index (χ2v) is 4.65. The Balaban J connectivity index is 2.84. The quantitative estimate of drug-likeness (QED) is 0.328. The number of aromatic hydroxyl groups is 2. The molecule has 0 bridgehead atoms. The minimum atomic E-state index is -0.455. The van der Waals surface area contributed by atoms with Crippen LogP contribution in [0.15, 0.2) is 23.8 Å². The summed E-state index contributed by atoms with van der Waals surface area (Å²) in [5.74, 6) is -0.234. The van der Waals surface area contributed by atoms with Crippen LogP contribution in [0.1, 0.15) is 5.56 Å². The summed E-state index contributed by atoms with van der Waals surface area (Å²) in [6, 6.07) is 5.88. The summed E-state index contributed by atoms with van der Waals surface area (Å²) in [5, 5.41) is 30.1. The van der Waals surface area contributed by atoms with Crippen molar-refractivity contribution in [1.29, 1.82) is 5.26 Å². The minimum Gasteiger partial charge on any atom is -0.504 e. The van der Waals surface area contributed by atoms with Gasteiger partial charge in [0.15, 0.2) is 11.5 Å². The van der Waals surface area contributed by atoms with E-state index in [1.807, 2.05) is 12.3 Å². The lowest BCUT2D eigenvalue weighted by molar-refractivity contribution is -0.116. The monoisotopic (exact) mass is 278 g/mol. The molecular formula is C13H14N2O3S. The van der Waals surface area contributed by atoms with Crippen LogP contribution in [0, 0.1) is 11.3 Å². The molecular weight excluding hydrogens is 264 g/mol. The first-order valence-electron chi connectivity index (χ1n) is 5.49. The van der Waals surface area contributed by atoms with Crippen molar-refractivity contribution in [3.05, 3.63) is 29.3 Å². The van der Waals surface area contributed by atoms with Gasteiger partial charge in [-0.25, -0.2) is 0 Å². The number of hydrogen-bond acceptors (Lipinski definition) is 5. The van der Waals surface area contributed by atoms with Crippen LogP contribution < -0.4 is 5.32 Å². The summed E-state index contributed by atoms with van der Waals surface area (Å²) < 4.78 is 0. The van der Waals surface area contributed by atoms with Crippen molar-refractivity contribution in [2.45, 2.75) is 0 Å². The van der Waals surface area contributed by atoms with Gasteiger partial charge in [0.25, 0.3) is 5.91 Å². The first kappa shape index (κ1) is 14.9. The third-order valence-corrected chi connectivity index (χ3v) is 2.88. The average Bonchev–Trinajstić information content (AvgIpc) is 2.40. The van der Waals surface area contributed by atoms with Crippen LogP contribution in [0.2, 0.25) is 0 Å². The van der Waals surface area contributed by atoms with E-state index in [0.717, 1.165) is 5.75 Å². The van der Waals surface area contributed by atoms with E-state index in [4.69, 9.17) is 5.26 Å². The molecule has 0 unspecified atom stereocenters. The van der Waals surface area contributed by atoms with Crippen LogP contribution in [0.3, 0.4) is 0 Å². The fraction of sp³-hybridized carbons (Fsp3) is 0.231. The van der Waals surface area contributed by atoms with Gasteiger partial charge in [-0.1, -0.05) is 6.07 Å². The van der Waals surface area contributed by atoms with Crippen LogP contribution >= 0.6 is 11.8 Å². The molecule has 0 aliphatic carbocycles. The second kappa shape index (κ2) is 7.34. The maximum Gasteiger partial charge on any atom is 0.261 e. The van der Waals surface area contributed by atoms with Crippen molar-refractivity contribution in [3.8, 4) is 17.6 Å². The Kier molecular flexibility index (Phi) is 5.76. The maximum atomic E-state index is 11.7. The predicted molar refractivity (Wildman–Crippen MR) is 74.8 cm³/mol. The Bertz CT molecular complexity index is 535. The highest BCUT2D eigenvalue weighted by atomic mass is 32.2.